The van der Waals surface area contributed by atoms with E-state index < -0.39 is 0 Å². The summed E-state index contributed by atoms with van der Waals surface area (Å²) in [7, 11) is 0. The van der Waals surface area contributed by atoms with Gasteiger partial charge in [-0.25, -0.2) is 4.98 Å². The van der Waals surface area contributed by atoms with E-state index in [2.05, 4.69) is 130 Å². The lowest BCUT2D eigenvalue weighted by Gasteiger charge is -2.20. The van der Waals surface area contributed by atoms with Crippen molar-refractivity contribution in [2.24, 2.45) is 0 Å². The van der Waals surface area contributed by atoms with Crippen molar-refractivity contribution in [3.63, 3.8) is 0 Å². The maximum absolute atomic E-state index is 11.2. The van der Waals surface area contributed by atoms with Crippen LogP contribution < -0.4 is 19.9 Å². The van der Waals surface area contributed by atoms with E-state index in [1.54, 1.807) is 66.9 Å². The van der Waals surface area contributed by atoms with Gasteiger partial charge in [0.2, 0.25) is 0 Å². The molecule has 0 saturated heterocycles. The highest BCUT2D eigenvalue weighted by atomic mass is 35.5. The first-order valence-electron chi connectivity index (χ1n) is 50.2. The number of nitrogens with zero attached hydrogens (tertiary/aromatic N) is 5. The molecular formula is C129H128Cl2N6O9. The van der Waals surface area contributed by atoms with Gasteiger partial charge in [-0.3, -0.25) is 24.7 Å². The highest BCUT2D eigenvalue weighted by Crippen LogP contribution is 2.41. The Morgan fingerprint density at radius 3 is 0.740 bits per heavy atom. The van der Waals surface area contributed by atoms with Gasteiger partial charge in [-0.2, -0.15) is 0 Å². The molecule has 742 valence electrons. The van der Waals surface area contributed by atoms with E-state index in [9.17, 15) is 30.3 Å². The lowest BCUT2D eigenvalue weighted by Crippen LogP contribution is -2.07. The molecule has 18 rings (SSSR count). The Hall–Kier alpha value is -15.9. The van der Waals surface area contributed by atoms with Crippen LogP contribution in [0.1, 0.15) is 247 Å². The number of pyridine rings is 5. The molecule has 0 bridgehead atoms. The third-order valence-corrected chi connectivity index (χ3v) is 25.5. The number of phenols is 5. The summed E-state index contributed by atoms with van der Waals surface area (Å²) in [5.74, 6) is 3.94. The molecule has 5 aromatic heterocycles. The van der Waals surface area contributed by atoms with Gasteiger partial charge in [-0.15, -0.1) is 0 Å². The number of nitrogens with two attached hydrogens (primary N) is 1. The van der Waals surface area contributed by atoms with E-state index in [0.717, 1.165) is 132 Å². The number of aromatic hydroxyl groups is 5. The summed E-state index contributed by atoms with van der Waals surface area (Å²) < 4.78 is 17.1. The number of phenolic OH excluding ortho intramolecular Hbond substituents is 5. The number of benzene rings is 13. The van der Waals surface area contributed by atoms with Crippen LogP contribution in [-0.2, 0) is 4.79 Å². The number of anilines is 1. The van der Waals surface area contributed by atoms with Gasteiger partial charge in [0.25, 0.3) is 0 Å². The van der Waals surface area contributed by atoms with E-state index in [0.29, 0.717) is 11.6 Å². The van der Waals surface area contributed by atoms with E-state index in [1.165, 1.54) is 101 Å². The van der Waals surface area contributed by atoms with Crippen LogP contribution in [0.5, 0.6) is 46.0 Å². The van der Waals surface area contributed by atoms with Crippen LogP contribution in [-0.4, -0.2) is 69.6 Å². The summed E-state index contributed by atoms with van der Waals surface area (Å²) in [4.78, 5) is 33.6. The number of nitrogen functional groups attached to an aromatic ring is 1. The van der Waals surface area contributed by atoms with Gasteiger partial charge in [-0.1, -0.05) is 357 Å². The minimum Gasteiger partial charge on any atom is -0.508 e. The van der Waals surface area contributed by atoms with Crippen molar-refractivity contribution in [1.82, 2.24) is 24.9 Å². The molecule has 0 aliphatic heterocycles. The highest BCUT2D eigenvalue weighted by Gasteiger charge is 2.25. The predicted molar refractivity (Wildman–Crippen MR) is 592 cm³/mol. The molecule has 0 spiro atoms. The number of hydrogen-bond acceptors (Lipinski definition) is 15. The zero-order chi connectivity index (χ0) is 102. The average molecular weight is 1980 g/mol. The molecule has 0 saturated carbocycles. The van der Waals surface area contributed by atoms with Crippen molar-refractivity contribution in [2.75, 3.05) is 18.9 Å². The van der Waals surface area contributed by atoms with Crippen LogP contribution in [0.2, 0.25) is 10.0 Å². The first kappa shape index (κ1) is 107. The molecule has 7 N–H and O–H groups in total. The van der Waals surface area contributed by atoms with Crippen molar-refractivity contribution >= 4 is 35.0 Å². The first-order chi connectivity index (χ1) is 71.5. The Labute approximate surface area is 869 Å². The molecule has 17 heteroatoms. The van der Waals surface area contributed by atoms with Crippen LogP contribution in [0.3, 0.4) is 0 Å². The Balaban J connectivity index is 0.000000148. The molecule has 0 fully saturated rings. The number of ether oxygens (including phenoxy) is 3. The predicted octanol–water partition coefficient (Wildman–Crippen LogP) is 31.8. The van der Waals surface area contributed by atoms with Crippen LogP contribution in [0.25, 0.3) is 0 Å². The van der Waals surface area contributed by atoms with Crippen molar-refractivity contribution in [3.05, 3.63) is 560 Å². The average Bonchev–Trinajstić information content (AvgIpc) is 1.34. The number of carbonyl (C=O) groups excluding carboxylic acids is 1. The molecule has 0 amide bonds. The summed E-state index contributed by atoms with van der Waals surface area (Å²) in [6.07, 6.45) is 26.9. The first-order valence-corrected chi connectivity index (χ1v) is 51.0. The normalized spacial score (nSPS) is 11.2. The van der Waals surface area contributed by atoms with Crippen LogP contribution in [0.15, 0.2) is 450 Å². The second kappa shape index (κ2) is 58.6. The van der Waals surface area contributed by atoms with Crippen molar-refractivity contribution in [2.45, 2.75) is 146 Å². The minimum absolute atomic E-state index is 0.0176. The van der Waals surface area contributed by atoms with E-state index >= 15 is 0 Å². The fraction of sp³-hybridized carbons (Fsp3) is 0.194. The standard InChI is InChI=1S/C29H35NO3.C27H33NO2.C19H16O2.C18H13Cl2N.C18H16N2O2.C18H15N/c1-3-4-5-6-7-8-11-22-32-26-17-13-24(14-18-26)29(28-12-9-10-21-30-28)25-15-19-27(20-16-25)33-23(2)31;1-2-3-4-5-6-7-10-21-30-25-18-14-23(15-19-25)27(26-11-8-9-20-28-26)22-12-16-24(29)17-13-22;20-17-10-6-15(7-11-17)19(14-4-2-1-3-5-14)16-8-12-18(21)13-9-16;19-15-8-4-13(5-9-15)18(17-3-1-2-12-21-17)14-6-10-16(20)11-7-14;19-18-16(2-1-11-20-18)17(12-3-7-14(21)8-4-12)13-5-9-15(22)10-6-13;1-3-9-15(10-4-1)18(16-11-5-2-6-12-16)17-13-7-8-14-19-17/h9-10,12-21,29H,3-8,11,22H2,1-2H3;8-9,11-20,27,29H,2-7,10,21H2,1H3;1-13,19-21H;1-12,18H;1-11,17,21-22H,(H2,19,20);1-14,18H. The number of esters is 1. The van der Waals surface area contributed by atoms with Gasteiger partial charge >= 0.3 is 5.97 Å². The van der Waals surface area contributed by atoms with Crippen molar-refractivity contribution in [3.8, 4) is 46.0 Å². The highest BCUT2D eigenvalue weighted by molar-refractivity contribution is 6.30. The minimum atomic E-state index is -0.323. The third-order valence-electron chi connectivity index (χ3n) is 25.0. The molecule has 146 heavy (non-hydrogen) atoms. The molecule has 15 nitrogen and oxygen atoms in total. The lowest BCUT2D eigenvalue weighted by molar-refractivity contribution is -0.131. The van der Waals surface area contributed by atoms with Crippen molar-refractivity contribution < 1.29 is 44.5 Å². The van der Waals surface area contributed by atoms with E-state index in [1.807, 2.05) is 292 Å². The monoisotopic (exact) mass is 1970 g/mol. The smallest absolute Gasteiger partial charge is 0.308 e. The number of hydrogen-bond donors (Lipinski definition) is 6. The second-order valence-electron chi connectivity index (χ2n) is 35.6. The SMILES string of the molecule is CCCCCCCCCOc1ccc(C(c2ccc(O)cc2)c2ccccn2)cc1.CCCCCCCCCOc1ccc(C(c2ccc(OC(C)=O)cc2)c2ccccn2)cc1.Clc1ccc(C(c2ccc(Cl)cc2)c2ccccn2)cc1.Nc1ncccc1C(c1ccc(O)cc1)c1ccc(O)cc1.Oc1ccc(C(c2ccccc2)c2ccc(O)cc2)cc1.c1ccc(C(c2ccccc2)c2ccccn2)cc1. The van der Waals surface area contributed by atoms with Crippen LogP contribution in [0.4, 0.5) is 5.82 Å². The number of rotatable bonds is 37. The second-order valence-corrected chi connectivity index (χ2v) is 36.5. The quantitative estimate of drug-likeness (QED) is 0.00919. The molecule has 5 heterocycles. The fourth-order valence-electron chi connectivity index (χ4n) is 17.6. The van der Waals surface area contributed by atoms with Gasteiger partial charge in [0, 0.05) is 65.4 Å². The zero-order valence-electron chi connectivity index (χ0n) is 82.9. The molecule has 2 unspecified atom stereocenters. The van der Waals surface area contributed by atoms with E-state index in [-0.39, 0.29) is 70.2 Å². The van der Waals surface area contributed by atoms with Crippen LogP contribution >= 0.6 is 23.2 Å². The molecule has 0 aliphatic rings. The van der Waals surface area contributed by atoms with E-state index in [4.69, 9.17) is 43.1 Å². The molecule has 0 radical (unpaired) electrons. The lowest BCUT2D eigenvalue weighted by atomic mass is 9.85. The fourth-order valence-corrected chi connectivity index (χ4v) is 17.9. The van der Waals surface area contributed by atoms with Gasteiger partial charge in [0.05, 0.1) is 59.7 Å². The molecule has 13 aromatic carbocycles. The Kier molecular flexibility index (Phi) is 43.1. The Morgan fingerprint density at radius 1 is 0.247 bits per heavy atom. The summed E-state index contributed by atoms with van der Waals surface area (Å²) in [5, 5.41) is 49.1. The van der Waals surface area contributed by atoms with Gasteiger partial charge < -0.3 is 45.5 Å². The van der Waals surface area contributed by atoms with Crippen LogP contribution in [0, 0.1) is 0 Å². The number of halogens is 2. The maximum Gasteiger partial charge on any atom is 0.308 e. The number of aromatic nitrogens is 5. The van der Waals surface area contributed by atoms with Crippen molar-refractivity contribution in [1.29, 1.82) is 0 Å². The molecule has 2 atom stereocenters. The summed E-state index contributed by atoms with van der Waals surface area (Å²) in [6, 6.07) is 135. The summed E-state index contributed by atoms with van der Waals surface area (Å²) in [6.45, 7) is 7.44. The molecular weight excluding hydrogens is 1850 g/mol. The summed E-state index contributed by atoms with van der Waals surface area (Å²) in [5.41, 5.74) is 25.7. The largest absolute Gasteiger partial charge is 0.508 e. The zero-order valence-corrected chi connectivity index (χ0v) is 84.5. The van der Waals surface area contributed by atoms with Gasteiger partial charge in [0.1, 0.15) is 51.8 Å². The van der Waals surface area contributed by atoms with Gasteiger partial charge in [-0.05, 0) is 261 Å². The Morgan fingerprint density at radius 2 is 0.473 bits per heavy atom. The van der Waals surface area contributed by atoms with Gasteiger partial charge in [0.15, 0.2) is 0 Å². The summed E-state index contributed by atoms with van der Waals surface area (Å²) >= 11 is 12.0. The maximum atomic E-state index is 11.2. The molecule has 18 aromatic rings. The number of carbonyl (C=O) groups is 1. The topological polar surface area (TPSA) is 236 Å². The number of unbranched alkanes of at least 4 members (excludes halogenated alkanes) is 12. The Bertz CT molecular complexity index is 6370. The third kappa shape index (κ3) is 33.9. The molecule has 0 aliphatic carbocycles.